The molecule has 0 saturated carbocycles. The van der Waals surface area contributed by atoms with Gasteiger partial charge in [0.25, 0.3) is 5.56 Å². The molecule has 7 nitrogen and oxygen atoms in total. The molecule has 2 heterocycles. The lowest BCUT2D eigenvalue weighted by Gasteiger charge is -2.12. The highest BCUT2D eigenvalue weighted by molar-refractivity contribution is 7.18. The normalized spacial score (nSPS) is 10.8. The number of amides is 1. The standard InChI is InChI=1S/C19H21N3O4S/c1-11-12(2)27-18-17(11)19(24)22(10-20-18)8-7-16(23)21-14-9-13(25-3)5-6-15(14)26-4/h5-6,9-10H,7-8H2,1-4H3,(H,21,23). The Balaban J connectivity index is 1.75. The average molecular weight is 387 g/mol. The summed E-state index contributed by atoms with van der Waals surface area (Å²) in [4.78, 5) is 31.2. The average Bonchev–Trinajstić information content (AvgIpc) is 2.95. The first-order valence-corrected chi connectivity index (χ1v) is 9.23. The molecular formula is C19H21N3O4S. The second-order valence-electron chi connectivity index (χ2n) is 6.07. The van der Waals surface area contributed by atoms with E-state index < -0.39 is 0 Å². The van der Waals surface area contributed by atoms with Crippen LogP contribution in [0.2, 0.25) is 0 Å². The summed E-state index contributed by atoms with van der Waals surface area (Å²) in [6, 6.07) is 5.16. The highest BCUT2D eigenvalue weighted by atomic mass is 32.1. The number of anilines is 1. The molecule has 8 heteroatoms. The number of benzene rings is 1. The topological polar surface area (TPSA) is 82.4 Å². The lowest BCUT2D eigenvalue weighted by Crippen LogP contribution is -2.23. The van der Waals surface area contributed by atoms with Crippen LogP contribution in [-0.2, 0) is 11.3 Å². The van der Waals surface area contributed by atoms with Crippen molar-refractivity contribution in [3.63, 3.8) is 0 Å². The van der Waals surface area contributed by atoms with E-state index in [1.54, 1.807) is 25.3 Å². The molecule has 1 aromatic carbocycles. The minimum atomic E-state index is -0.230. The Morgan fingerprint density at radius 3 is 2.74 bits per heavy atom. The van der Waals surface area contributed by atoms with Crippen molar-refractivity contribution in [1.29, 1.82) is 0 Å². The summed E-state index contributed by atoms with van der Waals surface area (Å²) in [5, 5.41) is 3.44. The number of aromatic nitrogens is 2. The number of methoxy groups -OCH3 is 2. The molecule has 0 aliphatic rings. The van der Waals surface area contributed by atoms with Crippen LogP contribution in [0.4, 0.5) is 5.69 Å². The zero-order valence-corrected chi connectivity index (χ0v) is 16.5. The number of fused-ring (bicyclic) bond motifs is 1. The summed E-state index contributed by atoms with van der Waals surface area (Å²) in [6.45, 7) is 4.14. The van der Waals surface area contributed by atoms with Crippen molar-refractivity contribution in [3.8, 4) is 11.5 Å². The zero-order chi connectivity index (χ0) is 19.6. The third-order valence-corrected chi connectivity index (χ3v) is 5.53. The van der Waals surface area contributed by atoms with Crippen LogP contribution < -0.4 is 20.3 Å². The van der Waals surface area contributed by atoms with Gasteiger partial charge < -0.3 is 14.8 Å². The summed E-state index contributed by atoms with van der Waals surface area (Å²) in [5.74, 6) is 0.917. The summed E-state index contributed by atoms with van der Waals surface area (Å²) in [5.41, 5.74) is 1.35. The van der Waals surface area contributed by atoms with Gasteiger partial charge in [-0.3, -0.25) is 14.2 Å². The number of carbonyl (C=O) groups is 1. The highest BCUT2D eigenvalue weighted by Crippen LogP contribution is 2.29. The Morgan fingerprint density at radius 2 is 2.04 bits per heavy atom. The lowest BCUT2D eigenvalue weighted by atomic mass is 10.2. The Bertz CT molecular complexity index is 1060. The summed E-state index contributed by atoms with van der Waals surface area (Å²) < 4.78 is 11.9. The van der Waals surface area contributed by atoms with E-state index in [4.69, 9.17) is 9.47 Å². The molecule has 0 fully saturated rings. The minimum absolute atomic E-state index is 0.117. The SMILES string of the molecule is COc1ccc(OC)c(NC(=O)CCn2cnc3sc(C)c(C)c3c2=O)c1. The van der Waals surface area contributed by atoms with E-state index in [9.17, 15) is 9.59 Å². The van der Waals surface area contributed by atoms with Crippen LogP contribution in [0.3, 0.4) is 0 Å². The van der Waals surface area contributed by atoms with Crippen LogP contribution in [0.25, 0.3) is 10.2 Å². The lowest BCUT2D eigenvalue weighted by molar-refractivity contribution is -0.116. The van der Waals surface area contributed by atoms with E-state index >= 15 is 0 Å². The van der Waals surface area contributed by atoms with E-state index in [-0.39, 0.29) is 24.4 Å². The van der Waals surface area contributed by atoms with Crippen LogP contribution in [-0.4, -0.2) is 29.7 Å². The zero-order valence-electron chi connectivity index (χ0n) is 15.7. The molecule has 0 unspecified atom stereocenters. The predicted octanol–water partition coefficient (Wildman–Crippen LogP) is 3.12. The smallest absolute Gasteiger partial charge is 0.262 e. The maximum absolute atomic E-state index is 12.7. The van der Waals surface area contributed by atoms with Crippen LogP contribution in [0, 0.1) is 13.8 Å². The molecular weight excluding hydrogens is 366 g/mol. The first-order valence-electron chi connectivity index (χ1n) is 8.41. The second kappa shape index (κ2) is 7.79. The maximum atomic E-state index is 12.7. The summed E-state index contributed by atoms with van der Waals surface area (Å²) in [6.07, 6.45) is 1.63. The molecule has 1 amide bonds. The first kappa shape index (κ1) is 18.9. The molecule has 0 bridgehead atoms. The van der Waals surface area contributed by atoms with E-state index in [1.807, 2.05) is 13.8 Å². The van der Waals surface area contributed by atoms with Crippen molar-refractivity contribution in [2.75, 3.05) is 19.5 Å². The number of thiophene rings is 1. The van der Waals surface area contributed by atoms with Crippen LogP contribution >= 0.6 is 11.3 Å². The Labute approximate surface area is 160 Å². The van der Waals surface area contributed by atoms with Crippen molar-refractivity contribution < 1.29 is 14.3 Å². The highest BCUT2D eigenvalue weighted by Gasteiger charge is 2.14. The fraction of sp³-hybridized carbons (Fsp3) is 0.316. The monoisotopic (exact) mass is 387 g/mol. The van der Waals surface area contributed by atoms with E-state index in [1.165, 1.54) is 29.3 Å². The van der Waals surface area contributed by atoms with Gasteiger partial charge in [0, 0.05) is 23.9 Å². The number of aryl methyl sites for hydroxylation is 3. The van der Waals surface area contributed by atoms with E-state index in [2.05, 4.69) is 10.3 Å². The Morgan fingerprint density at radius 1 is 1.26 bits per heavy atom. The molecule has 3 aromatic rings. The molecule has 0 spiro atoms. The van der Waals surface area contributed by atoms with Gasteiger partial charge >= 0.3 is 0 Å². The van der Waals surface area contributed by atoms with Gasteiger partial charge in [0.1, 0.15) is 16.3 Å². The molecule has 2 aromatic heterocycles. The third kappa shape index (κ3) is 3.80. The van der Waals surface area contributed by atoms with Gasteiger partial charge in [0.2, 0.25) is 5.91 Å². The summed E-state index contributed by atoms with van der Waals surface area (Å²) >= 11 is 1.51. The van der Waals surface area contributed by atoms with E-state index in [0.717, 1.165) is 15.3 Å². The number of rotatable bonds is 6. The van der Waals surface area contributed by atoms with Gasteiger partial charge in [-0.2, -0.15) is 0 Å². The molecule has 142 valence electrons. The van der Waals surface area contributed by atoms with Crippen molar-refractivity contribution in [1.82, 2.24) is 9.55 Å². The number of carbonyl (C=O) groups excluding carboxylic acids is 1. The van der Waals surface area contributed by atoms with Crippen molar-refractivity contribution in [3.05, 3.63) is 45.3 Å². The van der Waals surface area contributed by atoms with Crippen molar-refractivity contribution in [2.24, 2.45) is 0 Å². The van der Waals surface area contributed by atoms with Crippen LogP contribution in [0.5, 0.6) is 11.5 Å². The Kier molecular flexibility index (Phi) is 5.46. The van der Waals surface area contributed by atoms with Gasteiger partial charge in [-0.15, -0.1) is 11.3 Å². The quantitative estimate of drug-likeness (QED) is 0.703. The number of hydrogen-bond acceptors (Lipinski definition) is 6. The van der Waals surface area contributed by atoms with Gasteiger partial charge in [-0.1, -0.05) is 0 Å². The van der Waals surface area contributed by atoms with Gasteiger partial charge in [0.05, 0.1) is 31.6 Å². The van der Waals surface area contributed by atoms with Crippen LogP contribution in [0.1, 0.15) is 16.9 Å². The predicted molar refractivity (Wildman–Crippen MR) is 106 cm³/mol. The molecule has 1 N–H and O–H groups in total. The van der Waals surface area contributed by atoms with E-state index in [0.29, 0.717) is 22.6 Å². The number of nitrogens with zero attached hydrogens (tertiary/aromatic N) is 2. The minimum Gasteiger partial charge on any atom is -0.497 e. The molecule has 0 aliphatic heterocycles. The molecule has 27 heavy (non-hydrogen) atoms. The van der Waals surface area contributed by atoms with Crippen molar-refractivity contribution >= 4 is 33.1 Å². The molecule has 0 atom stereocenters. The molecule has 3 rings (SSSR count). The van der Waals surface area contributed by atoms with Gasteiger partial charge in [0.15, 0.2) is 0 Å². The van der Waals surface area contributed by atoms with Crippen LogP contribution in [0.15, 0.2) is 29.3 Å². The fourth-order valence-electron chi connectivity index (χ4n) is 2.78. The third-order valence-electron chi connectivity index (χ3n) is 4.42. The van der Waals surface area contributed by atoms with Gasteiger partial charge in [-0.05, 0) is 31.5 Å². The maximum Gasteiger partial charge on any atom is 0.262 e. The molecule has 0 saturated heterocycles. The summed E-state index contributed by atoms with van der Waals surface area (Å²) in [7, 11) is 3.08. The first-order chi connectivity index (χ1) is 12.9. The number of nitrogens with one attached hydrogen (secondary N) is 1. The molecule has 0 radical (unpaired) electrons. The molecule has 0 aliphatic carbocycles. The number of hydrogen-bond donors (Lipinski definition) is 1. The largest absolute Gasteiger partial charge is 0.497 e. The Hall–Kier alpha value is -2.87. The van der Waals surface area contributed by atoms with Crippen molar-refractivity contribution in [2.45, 2.75) is 26.8 Å². The number of ether oxygens (including phenoxy) is 2. The fourth-order valence-corrected chi connectivity index (χ4v) is 3.76. The van der Waals surface area contributed by atoms with Gasteiger partial charge in [-0.25, -0.2) is 4.98 Å². The second-order valence-corrected chi connectivity index (χ2v) is 7.27.